The zero-order valence-electron chi connectivity index (χ0n) is 56.1. The van der Waals surface area contributed by atoms with Gasteiger partial charge in [0, 0.05) is 12.8 Å². The van der Waals surface area contributed by atoms with Gasteiger partial charge in [-0.25, -0.2) is 0 Å². The molecule has 0 aliphatic rings. The van der Waals surface area contributed by atoms with Crippen LogP contribution in [-0.2, 0) is 32.7 Å². The topological polar surface area (TPSA) is 111 Å². The van der Waals surface area contributed by atoms with Gasteiger partial charge in [0.25, 0.3) is 7.82 Å². The van der Waals surface area contributed by atoms with Crippen LogP contribution in [0.3, 0.4) is 0 Å². The van der Waals surface area contributed by atoms with Gasteiger partial charge in [0.2, 0.25) is 0 Å². The van der Waals surface area contributed by atoms with Crippen LogP contribution in [0.15, 0.2) is 60.8 Å². The molecule has 492 valence electrons. The van der Waals surface area contributed by atoms with E-state index in [0.717, 1.165) is 70.6 Å². The Hall–Kier alpha value is -2.29. The van der Waals surface area contributed by atoms with Gasteiger partial charge in [-0.2, -0.15) is 0 Å². The molecule has 2 unspecified atom stereocenters. The Labute approximate surface area is 521 Å². The molecule has 9 nitrogen and oxygen atoms in total. The number of phosphoric ester groups is 1. The fourth-order valence-corrected chi connectivity index (χ4v) is 11.3. The van der Waals surface area contributed by atoms with Gasteiger partial charge in [0.05, 0.1) is 27.7 Å². The molecular weight excluding hydrogens is 1060 g/mol. The smallest absolute Gasteiger partial charge is 0.306 e. The number of rotatable bonds is 67. The van der Waals surface area contributed by atoms with Crippen molar-refractivity contribution in [3.8, 4) is 0 Å². The van der Waals surface area contributed by atoms with Crippen LogP contribution in [0.4, 0.5) is 0 Å². The van der Waals surface area contributed by atoms with E-state index in [4.69, 9.17) is 18.5 Å². The molecule has 0 aromatic carbocycles. The number of hydrogen-bond donors (Lipinski definition) is 0. The summed E-state index contributed by atoms with van der Waals surface area (Å²) < 4.78 is 34.4. The maximum absolute atomic E-state index is 12.9. The lowest BCUT2D eigenvalue weighted by Gasteiger charge is -2.28. The van der Waals surface area contributed by atoms with E-state index in [1.807, 2.05) is 21.1 Å². The summed E-state index contributed by atoms with van der Waals surface area (Å²) in [5.74, 6) is -0.816. The Kier molecular flexibility index (Phi) is 63.4. The molecule has 0 fully saturated rings. The van der Waals surface area contributed by atoms with E-state index < -0.39 is 26.5 Å². The van der Waals surface area contributed by atoms with Crippen molar-refractivity contribution in [3.05, 3.63) is 60.8 Å². The Morgan fingerprint density at radius 2 is 0.679 bits per heavy atom. The Morgan fingerprint density at radius 3 is 1.01 bits per heavy atom. The van der Waals surface area contributed by atoms with Crippen molar-refractivity contribution in [1.82, 2.24) is 0 Å². The average molecular weight is 1200 g/mol. The molecule has 0 saturated carbocycles. The molecule has 0 aromatic rings. The minimum Gasteiger partial charge on any atom is -0.756 e. The van der Waals surface area contributed by atoms with Crippen molar-refractivity contribution in [3.63, 3.8) is 0 Å². The van der Waals surface area contributed by atoms with E-state index in [1.165, 1.54) is 244 Å². The maximum atomic E-state index is 12.9. The van der Waals surface area contributed by atoms with Crippen LogP contribution in [0.25, 0.3) is 0 Å². The Bertz CT molecular complexity index is 1600. The largest absolute Gasteiger partial charge is 0.756 e. The Morgan fingerprint density at radius 1 is 0.381 bits per heavy atom. The SMILES string of the molecule is CC/C=C\C/C=C\C/C=C\C/C=C\C/C=C\CCCCCCCCCCCCCCCCCC(=O)OC(COC(=O)CCCCCCCCCCCCCCCCCCCCCCCCCCCCCCC)COP(=O)([O-])OCC[N+](C)(C)C. The molecular formula is C74H138NO8P. The van der Waals surface area contributed by atoms with E-state index in [-0.39, 0.29) is 32.0 Å². The second kappa shape index (κ2) is 65.2. The third kappa shape index (κ3) is 68.8. The van der Waals surface area contributed by atoms with E-state index in [1.54, 1.807) is 0 Å². The highest BCUT2D eigenvalue weighted by Gasteiger charge is 2.22. The zero-order chi connectivity index (χ0) is 61.2. The molecule has 0 aliphatic heterocycles. The highest BCUT2D eigenvalue weighted by Crippen LogP contribution is 2.38. The monoisotopic (exact) mass is 1200 g/mol. The zero-order valence-corrected chi connectivity index (χ0v) is 57.0. The lowest BCUT2D eigenvalue weighted by Crippen LogP contribution is -2.37. The normalized spacial score (nSPS) is 13.5. The molecule has 0 aliphatic carbocycles. The first-order chi connectivity index (χ1) is 41.0. The molecule has 0 bridgehead atoms. The predicted octanol–water partition coefficient (Wildman–Crippen LogP) is 22.8. The summed E-state index contributed by atoms with van der Waals surface area (Å²) in [6.45, 7) is 4.19. The Balaban J connectivity index is 4.00. The summed E-state index contributed by atoms with van der Waals surface area (Å²) in [6.07, 6.45) is 86.0. The number of esters is 2. The van der Waals surface area contributed by atoms with Crippen molar-refractivity contribution in [2.45, 2.75) is 354 Å². The average Bonchev–Trinajstić information content (AvgIpc) is 3.61. The summed E-state index contributed by atoms with van der Waals surface area (Å²) in [5.41, 5.74) is 0. The predicted molar refractivity (Wildman–Crippen MR) is 360 cm³/mol. The van der Waals surface area contributed by atoms with Gasteiger partial charge in [-0.1, -0.05) is 338 Å². The number of nitrogens with zero attached hydrogens (tertiary/aromatic N) is 1. The number of unbranched alkanes of at least 4 members (excludes halogenated alkanes) is 43. The van der Waals surface area contributed by atoms with E-state index in [9.17, 15) is 19.0 Å². The number of allylic oxidation sites excluding steroid dienone is 10. The minimum absolute atomic E-state index is 0.0297. The van der Waals surface area contributed by atoms with Crippen LogP contribution in [0.5, 0.6) is 0 Å². The number of carbonyl (C=O) groups is 2. The lowest BCUT2D eigenvalue weighted by atomic mass is 10.0. The summed E-state index contributed by atoms with van der Waals surface area (Å²) in [4.78, 5) is 38.1. The van der Waals surface area contributed by atoms with E-state index >= 15 is 0 Å². The summed E-state index contributed by atoms with van der Waals surface area (Å²) in [7, 11) is 1.18. The first-order valence-electron chi connectivity index (χ1n) is 36.0. The number of ether oxygens (including phenoxy) is 2. The van der Waals surface area contributed by atoms with Crippen LogP contribution in [-0.4, -0.2) is 70.0 Å². The maximum Gasteiger partial charge on any atom is 0.306 e. The molecule has 2 atom stereocenters. The third-order valence-electron chi connectivity index (χ3n) is 16.1. The highest BCUT2D eigenvalue weighted by molar-refractivity contribution is 7.45. The van der Waals surface area contributed by atoms with Gasteiger partial charge in [-0.3, -0.25) is 14.2 Å². The fraction of sp³-hybridized carbons (Fsp3) is 0.838. The van der Waals surface area contributed by atoms with Gasteiger partial charge in [-0.05, 0) is 57.8 Å². The number of hydrogen-bond acceptors (Lipinski definition) is 8. The molecule has 0 rings (SSSR count). The van der Waals surface area contributed by atoms with Crippen molar-refractivity contribution >= 4 is 19.8 Å². The minimum atomic E-state index is -4.64. The van der Waals surface area contributed by atoms with Crippen LogP contribution in [0.2, 0.25) is 0 Å². The number of quaternary nitrogens is 1. The van der Waals surface area contributed by atoms with Crippen molar-refractivity contribution in [2.75, 3.05) is 47.5 Å². The lowest BCUT2D eigenvalue weighted by molar-refractivity contribution is -0.870. The molecule has 84 heavy (non-hydrogen) atoms. The fourth-order valence-electron chi connectivity index (χ4n) is 10.6. The van der Waals surface area contributed by atoms with E-state index in [0.29, 0.717) is 17.4 Å². The van der Waals surface area contributed by atoms with Gasteiger partial charge in [-0.15, -0.1) is 0 Å². The van der Waals surface area contributed by atoms with Crippen molar-refractivity contribution in [2.24, 2.45) is 0 Å². The summed E-state index contributed by atoms with van der Waals surface area (Å²) in [6, 6.07) is 0. The molecule has 0 amide bonds. The van der Waals surface area contributed by atoms with Crippen molar-refractivity contribution < 1.29 is 42.1 Å². The quantitative estimate of drug-likeness (QED) is 0.0195. The van der Waals surface area contributed by atoms with Crippen LogP contribution in [0, 0.1) is 0 Å². The highest BCUT2D eigenvalue weighted by atomic mass is 31.2. The van der Waals surface area contributed by atoms with Gasteiger partial charge >= 0.3 is 11.9 Å². The van der Waals surface area contributed by atoms with Crippen LogP contribution in [0.1, 0.15) is 348 Å². The first kappa shape index (κ1) is 81.7. The molecule has 10 heteroatoms. The second-order valence-electron chi connectivity index (χ2n) is 25.6. The molecule has 0 radical (unpaired) electrons. The standard InChI is InChI=1S/C74H138NO8P/c1-6-8-10-12-14-16-18-20-22-24-26-28-30-32-34-36-37-39-41-43-45-47-49-51-53-55-57-59-61-63-65-67-74(77)83-72(71-82-84(78,79)81-69-68-75(3,4)5)70-80-73(76)66-64-62-60-58-56-54-52-50-48-46-44-42-40-38-35-33-31-29-27-25-23-21-19-17-15-13-11-9-7-2/h8,10,14,16,20,22,26,28,32,34,72H,6-7,9,11-13,15,17-19,21,23-25,27,29-31,33,35-71H2,1-5H3/b10-8-,16-14-,22-20-,28-26-,34-32-. The molecule has 0 spiro atoms. The third-order valence-corrected chi connectivity index (χ3v) is 17.0. The van der Waals surface area contributed by atoms with E-state index in [2.05, 4.69) is 74.6 Å². The van der Waals surface area contributed by atoms with Gasteiger partial charge in [0.1, 0.15) is 19.8 Å². The van der Waals surface area contributed by atoms with Gasteiger partial charge < -0.3 is 27.9 Å². The molecule has 0 N–H and O–H groups in total. The van der Waals surface area contributed by atoms with Crippen LogP contribution >= 0.6 is 7.82 Å². The molecule has 0 aromatic heterocycles. The summed E-state index contributed by atoms with van der Waals surface area (Å²) in [5, 5.41) is 0. The second-order valence-corrected chi connectivity index (χ2v) is 27.0. The number of phosphoric acid groups is 1. The van der Waals surface area contributed by atoms with Crippen LogP contribution < -0.4 is 4.89 Å². The van der Waals surface area contributed by atoms with Crippen molar-refractivity contribution in [1.29, 1.82) is 0 Å². The van der Waals surface area contributed by atoms with Gasteiger partial charge in [0.15, 0.2) is 6.10 Å². The number of likely N-dealkylation sites (N-methyl/N-ethyl adjacent to an activating group) is 1. The first-order valence-corrected chi connectivity index (χ1v) is 37.5. The summed E-state index contributed by atoms with van der Waals surface area (Å²) >= 11 is 0. The number of carbonyl (C=O) groups excluding carboxylic acids is 2. The molecule has 0 heterocycles. The molecule has 0 saturated heterocycles.